The van der Waals surface area contributed by atoms with Crippen LogP contribution in [0.5, 0.6) is 0 Å². The Bertz CT molecular complexity index is 475. The van der Waals surface area contributed by atoms with Crippen LogP contribution in [-0.4, -0.2) is 21.2 Å². The average Bonchev–Trinajstić information content (AvgIpc) is 2.28. The van der Waals surface area contributed by atoms with E-state index in [4.69, 9.17) is 0 Å². The van der Waals surface area contributed by atoms with E-state index in [0.29, 0.717) is 4.90 Å². The molecule has 1 aromatic rings. The summed E-state index contributed by atoms with van der Waals surface area (Å²) in [6.45, 7) is 7.50. The highest BCUT2D eigenvalue weighted by atomic mass is 32.2. The van der Waals surface area contributed by atoms with Gasteiger partial charge in [0.05, 0.1) is 4.90 Å². The maximum absolute atomic E-state index is 11.3. The predicted octanol–water partition coefficient (Wildman–Crippen LogP) is 2.15. The van der Waals surface area contributed by atoms with Gasteiger partial charge in [-0.05, 0) is 24.1 Å². The quantitative estimate of drug-likeness (QED) is 0.790. The van der Waals surface area contributed by atoms with Crippen LogP contribution in [0.15, 0.2) is 41.3 Å². The van der Waals surface area contributed by atoms with E-state index in [-0.39, 0.29) is 0 Å². The Kier molecular flexibility index (Phi) is 4.90. The van der Waals surface area contributed by atoms with Gasteiger partial charge in [-0.1, -0.05) is 31.2 Å². The van der Waals surface area contributed by atoms with Crippen molar-refractivity contribution in [3.63, 3.8) is 0 Å². The minimum absolute atomic E-state index is 0.360. The first-order valence-corrected chi connectivity index (χ1v) is 7.49. The van der Waals surface area contributed by atoms with Crippen LogP contribution >= 0.6 is 0 Å². The number of hydrogen-bond donors (Lipinski definition) is 1. The molecule has 1 aromatic carbocycles. The van der Waals surface area contributed by atoms with E-state index >= 15 is 0 Å². The molecular formula is C13H19NO2S. The second-order valence-electron chi connectivity index (χ2n) is 4.12. The number of sulfone groups is 1. The molecule has 0 aromatic heterocycles. The Morgan fingerprint density at radius 2 is 1.88 bits per heavy atom. The summed E-state index contributed by atoms with van der Waals surface area (Å²) in [4.78, 5) is 0.360. The summed E-state index contributed by atoms with van der Waals surface area (Å²) < 4.78 is 22.5. The normalized spacial score (nSPS) is 11.4. The van der Waals surface area contributed by atoms with Crippen molar-refractivity contribution in [3.05, 3.63) is 42.0 Å². The molecule has 0 aliphatic heterocycles. The summed E-state index contributed by atoms with van der Waals surface area (Å²) in [6.07, 6.45) is 2.19. The molecule has 0 aliphatic carbocycles. The Morgan fingerprint density at radius 1 is 1.29 bits per heavy atom. The molecule has 0 spiro atoms. The van der Waals surface area contributed by atoms with Crippen LogP contribution in [0.2, 0.25) is 0 Å². The summed E-state index contributed by atoms with van der Waals surface area (Å²) >= 11 is 0. The van der Waals surface area contributed by atoms with Crippen LogP contribution < -0.4 is 5.32 Å². The van der Waals surface area contributed by atoms with Crippen LogP contribution in [-0.2, 0) is 16.4 Å². The zero-order chi connectivity index (χ0) is 12.9. The monoisotopic (exact) mass is 253 g/mol. The van der Waals surface area contributed by atoms with Gasteiger partial charge >= 0.3 is 0 Å². The summed E-state index contributed by atoms with van der Waals surface area (Å²) in [5.41, 5.74) is 2.24. The van der Waals surface area contributed by atoms with E-state index in [9.17, 15) is 8.42 Å². The molecule has 94 valence electrons. The standard InChI is InChI=1S/C13H19NO2S/c1-4-11(2)9-14-10-12-5-7-13(8-6-12)17(3,15)16/h5-8,14H,2,4,9-10H2,1,3H3. The lowest BCUT2D eigenvalue weighted by Crippen LogP contribution is -2.15. The van der Waals surface area contributed by atoms with Gasteiger partial charge in [0.2, 0.25) is 0 Å². The fourth-order valence-corrected chi connectivity index (χ4v) is 1.99. The predicted molar refractivity (Wildman–Crippen MR) is 70.7 cm³/mol. The van der Waals surface area contributed by atoms with Crippen LogP contribution in [0, 0.1) is 0 Å². The second kappa shape index (κ2) is 5.98. The first-order chi connectivity index (χ1) is 7.93. The molecule has 1 rings (SSSR count). The first-order valence-electron chi connectivity index (χ1n) is 5.60. The number of benzene rings is 1. The van der Waals surface area contributed by atoms with E-state index in [1.165, 1.54) is 6.26 Å². The highest BCUT2D eigenvalue weighted by Gasteiger charge is 2.05. The van der Waals surface area contributed by atoms with Crippen LogP contribution in [0.25, 0.3) is 0 Å². The van der Waals surface area contributed by atoms with Crippen molar-refractivity contribution < 1.29 is 8.42 Å². The Hall–Kier alpha value is -1.13. The minimum Gasteiger partial charge on any atom is -0.309 e. The zero-order valence-corrected chi connectivity index (χ0v) is 11.2. The minimum atomic E-state index is -3.09. The molecule has 17 heavy (non-hydrogen) atoms. The third-order valence-corrected chi connectivity index (χ3v) is 3.68. The molecule has 0 atom stereocenters. The number of nitrogens with one attached hydrogen (secondary N) is 1. The van der Waals surface area contributed by atoms with E-state index < -0.39 is 9.84 Å². The van der Waals surface area contributed by atoms with Gasteiger partial charge in [-0.2, -0.15) is 0 Å². The maximum atomic E-state index is 11.3. The number of rotatable bonds is 6. The molecule has 3 nitrogen and oxygen atoms in total. The van der Waals surface area contributed by atoms with Crippen molar-refractivity contribution >= 4 is 9.84 Å². The molecule has 0 amide bonds. The van der Waals surface area contributed by atoms with Crippen molar-refractivity contribution in [2.75, 3.05) is 12.8 Å². The summed E-state index contributed by atoms with van der Waals surface area (Å²) in [5.74, 6) is 0. The Balaban J connectivity index is 2.55. The number of hydrogen-bond acceptors (Lipinski definition) is 3. The van der Waals surface area contributed by atoms with E-state index in [1.54, 1.807) is 12.1 Å². The molecular weight excluding hydrogens is 234 g/mol. The lowest BCUT2D eigenvalue weighted by molar-refractivity contribution is 0.602. The molecule has 0 saturated carbocycles. The van der Waals surface area contributed by atoms with Gasteiger partial charge < -0.3 is 5.32 Å². The molecule has 0 unspecified atom stereocenters. The van der Waals surface area contributed by atoms with Gasteiger partial charge in [-0.25, -0.2) is 8.42 Å². The van der Waals surface area contributed by atoms with Crippen LogP contribution in [0.4, 0.5) is 0 Å². The molecule has 0 saturated heterocycles. The smallest absolute Gasteiger partial charge is 0.175 e. The van der Waals surface area contributed by atoms with Crippen molar-refractivity contribution in [1.29, 1.82) is 0 Å². The third kappa shape index (κ3) is 4.71. The molecule has 0 heterocycles. The maximum Gasteiger partial charge on any atom is 0.175 e. The average molecular weight is 253 g/mol. The summed E-state index contributed by atoms with van der Waals surface area (Å²) in [6, 6.07) is 6.94. The second-order valence-corrected chi connectivity index (χ2v) is 6.14. The molecule has 4 heteroatoms. The van der Waals surface area contributed by atoms with Gasteiger partial charge in [0.15, 0.2) is 9.84 Å². The largest absolute Gasteiger partial charge is 0.309 e. The molecule has 0 fully saturated rings. The first kappa shape index (κ1) is 13.9. The molecule has 0 aliphatic rings. The topological polar surface area (TPSA) is 46.2 Å². The Labute approximate surface area is 103 Å². The van der Waals surface area contributed by atoms with E-state index in [0.717, 1.165) is 30.6 Å². The zero-order valence-electron chi connectivity index (χ0n) is 10.4. The van der Waals surface area contributed by atoms with Crippen LogP contribution in [0.1, 0.15) is 18.9 Å². The van der Waals surface area contributed by atoms with E-state index in [2.05, 4.69) is 18.8 Å². The van der Waals surface area contributed by atoms with Gasteiger partial charge in [0, 0.05) is 19.3 Å². The third-order valence-electron chi connectivity index (χ3n) is 2.56. The van der Waals surface area contributed by atoms with Crippen molar-refractivity contribution in [2.24, 2.45) is 0 Å². The van der Waals surface area contributed by atoms with Gasteiger partial charge in [0.25, 0.3) is 0 Å². The highest BCUT2D eigenvalue weighted by molar-refractivity contribution is 7.90. The molecule has 0 radical (unpaired) electrons. The van der Waals surface area contributed by atoms with E-state index in [1.807, 2.05) is 12.1 Å². The fourth-order valence-electron chi connectivity index (χ4n) is 1.36. The lowest BCUT2D eigenvalue weighted by atomic mass is 10.2. The summed E-state index contributed by atoms with van der Waals surface area (Å²) in [7, 11) is -3.09. The lowest BCUT2D eigenvalue weighted by Gasteiger charge is -2.06. The fraction of sp³-hybridized carbons (Fsp3) is 0.385. The molecule has 0 bridgehead atoms. The van der Waals surface area contributed by atoms with Crippen molar-refractivity contribution in [3.8, 4) is 0 Å². The van der Waals surface area contributed by atoms with Crippen molar-refractivity contribution in [2.45, 2.75) is 24.8 Å². The van der Waals surface area contributed by atoms with Crippen molar-refractivity contribution in [1.82, 2.24) is 5.32 Å². The molecule has 1 N–H and O–H groups in total. The Morgan fingerprint density at radius 3 is 2.35 bits per heavy atom. The van der Waals surface area contributed by atoms with Gasteiger partial charge in [-0.15, -0.1) is 0 Å². The van der Waals surface area contributed by atoms with Gasteiger partial charge in [0.1, 0.15) is 0 Å². The highest BCUT2D eigenvalue weighted by Crippen LogP contribution is 2.10. The van der Waals surface area contributed by atoms with Crippen LogP contribution in [0.3, 0.4) is 0 Å². The summed E-state index contributed by atoms with van der Waals surface area (Å²) in [5, 5.41) is 3.26. The van der Waals surface area contributed by atoms with Gasteiger partial charge in [-0.3, -0.25) is 0 Å². The SMILES string of the molecule is C=C(CC)CNCc1ccc(S(C)(=O)=O)cc1.